The molecule has 5 saturated carbocycles. The standard InChI is InChI=1S/C10H20.C9H18O.2C9H18.C8H16O.C8H16.C7H16.C6H11Cl.C6H14/c1-9(2)10(3)7-5-4-6-8-10;1-8(2)9(3)4-6-10-7-5-9;1-8(2)9(3)6-4-5-7-9;1-8(2)9-6-4-3-5-7-9;1-7(2)8-3-5-9-6-4-8;1-7(2)8-5-3-4-6-8;1-6(2)7(3,4)5;1-5(2)6(7)3-4-6;1-5(2)6(3)4/h9H,4-8H2,1-3H3;8H,4-7H2,1-3H3;8H,4-7H2,1-3H3;8-9H,3-7H2,1-2H3;7-8H,3-6H2,1-2H3;7-8H,3-6H2,1-2H3;6H,1-5H3;5H,3-4H2,1-2H3;5-6H,1-4H3. The first-order valence-electron chi connectivity index (χ1n) is 33.4. The van der Waals surface area contributed by atoms with Crippen molar-refractivity contribution in [2.75, 3.05) is 26.4 Å². The van der Waals surface area contributed by atoms with E-state index < -0.39 is 0 Å². The van der Waals surface area contributed by atoms with Crippen molar-refractivity contribution < 1.29 is 9.47 Å². The summed E-state index contributed by atoms with van der Waals surface area (Å²) in [5.41, 5.74) is 2.43. The maximum atomic E-state index is 5.98. The average molecular weight is 1080 g/mol. The minimum absolute atomic E-state index is 0.222. The minimum atomic E-state index is 0.222. The Morgan fingerprint density at radius 3 is 0.773 bits per heavy atom. The van der Waals surface area contributed by atoms with Crippen LogP contribution in [0.3, 0.4) is 0 Å². The normalized spacial score (nSPS) is 22.2. The first kappa shape index (κ1) is 77.3. The summed E-state index contributed by atoms with van der Waals surface area (Å²) in [6.07, 6.45) is 34.1. The third-order valence-electron chi connectivity index (χ3n) is 21.5. The van der Waals surface area contributed by atoms with Crippen LogP contribution in [0.25, 0.3) is 0 Å². The van der Waals surface area contributed by atoms with Gasteiger partial charge in [-0.25, -0.2) is 0 Å². The van der Waals surface area contributed by atoms with E-state index in [4.69, 9.17) is 21.1 Å². The molecule has 0 bridgehead atoms. The van der Waals surface area contributed by atoms with E-state index in [0.29, 0.717) is 27.6 Å². The molecule has 7 rings (SSSR count). The van der Waals surface area contributed by atoms with Crippen LogP contribution in [0.1, 0.15) is 334 Å². The van der Waals surface area contributed by atoms with Crippen LogP contribution in [-0.2, 0) is 9.47 Å². The lowest BCUT2D eigenvalue weighted by molar-refractivity contribution is 0.000600. The molecule has 75 heavy (non-hydrogen) atoms. The minimum Gasteiger partial charge on any atom is -0.381 e. The van der Waals surface area contributed by atoms with Crippen LogP contribution in [0.15, 0.2) is 0 Å². The molecule has 0 unspecified atom stereocenters. The second-order valence-electron chi connectivity index (χ2n) is 31.1. The highest BCUT2D eigenvalue weighted by Crippen LogP contribution is 2.48. The Hall–Kier alpha value is 0.210. The maximum Gasteiger partial charge on any atom is 0.0471 e. The van der Waals surface area contributed by atoms with Crippen LogP contribution < -0.4 is 0 Å². The summed E-state index contributed by atoms with van der Waals surface area (Å²) in [4.78, 5) is 0.222. The zero-order valence-electron chi connectivity index (χ0n) is 57.0. The summed E-state index contributed by atoms with van der Waals surface area (Å²) in [5.74, 6) is 11.5. The van der Waals surface area contributed by atoms with Gasteiger partial charge in [0.25, 0.3) is 0 Å². The van der Waals surface area contributed by atoms with E-state index in [1.165, 1.54) is 154 Å². The predicted octanol–water partition coefficient (Wildman–Crippen LogP) is 24.8. The van der Waals surface area contributed by atoms with Crippen LogP contribution in [0.4, 0.5) is 0 Å². The molecular formula is C72H147ClO2. The zero-order chi connectivity index (χ0) is 58.2. The molecule has 2 heterocycles. The number of rotatable bonds is 8. The van der Waals surface area contributed by atoms with E-state index in [2.05, 4.69) is 180 Å². The fourth-order valence-electron chi connectivity index (χ4n) is 10.6. The molecule has 7 fully saturated rings. The highest BCUT2D eigenvalue weighted by molar-refractivity contribution is 6.26. The first-order valence-corrected chi connectivity index (χ1v) is 33.8. The van der Waals surface area contributed by atoms with Gasteiger partial charge in [0, 0.05) is 31.3 Å². The van der Waals surface area contributed by atoms with Gasteiger partial charge in [0.2, 0.25) is 0 Å². The van der Waals surface area contributed by atoms with Crippen molar-refractivity contribution in [2.24, 2.45) is 98.6 Å². The molecule has 5 aliphatic carbocycles. The largest absolute Gasteiger partial charge is 0.381 e. The molecule has 0 spiro atoms. The lowest BCUT2D eigenvalue weighted by Gasteiger charge is -2.37. The Labute approximate surface area is 482 Å². The number of hydrogen-bond donors (Lipinski definition) is 0. The van der Waals surface area contributed by atoms with Crippen LogP contribution in [0.5, 0.6) is 0 Å². The van der Waals surface area contributed by atoms with Crippen molar-refractivity contribution >= 4 is 11.6 Å². The molecule has 0 aromatic heterocycles. The van der Waals surface area contributed by atoms with Gasteiger partial charge >= 0.3 is 0 Å². The molecule has 2 nitrogen and oxygen atoms in total. The molecule has 0 amide bonds. The Morgan fingerprint density at radius 2 is 0.587 bits per heavy atom. The summed E-state index contributed by atoms with van der Waals surface area (Å²) in [7, 11) is 0. The van der Waals surface area contributed by atoms with E-state index in [1.54, 1.807) is 0 Å². The highest BCUT2D eigenvalue weighted by Gasteiger charge is 2.43. The Morgan fingerprint density at radius 1 is 0.333 bits per heavy atom. The summed E-state index contributed by atoms with van der Waals surface area (Å²) in [5, 5.41) is 0. The summed E-state index contributed by atoms with van der Waals surface area (Å²) >= 11 is 5.98. The van der Waals surface area contributed by atoms with Gasteiger partial charge in [-0.2, -0.15) is 0 Å². The summed E-state index contributed by atoms with van der Waals surface area (Å²) < 4.78 is 10.6. The average Bonchev–Trinajstić information content (AvgIpc) is 3.65. The van der Waals surface area contributed by atoms with Crippen molar-refractivity contribution in [1.29, 1.82) is 0 Å². The Bertz CT molecular complexity index is 1190. The molecule has 2 saturated heterocycles. The quantitative estimate of drug-likeness (QED) is 0.226. The van der Waals surface area contributed by atoms with E-state index in [1.807, 2.05) is 0 Å². The van der Waals surface area contributed by atoms with E-state index in [0.717, 1.165) is 97.4 Å². The van der Waals surface area contributed by atoms with E-state index >= 15 is 0 Å². The van der Waals surface area contributed by atoms with Gasteiger partial charge in [-0.1, -0.05) is 270 Å². The molecule has 0 atom stereocenters. The Kier molecular flexibility index (Phi) is 41.6. The van der Waals surface area contributed by atoms with Crippen molar-refractivity contribution in [2.45, 2.75) is 339 Å². The monoisotopic (exact) mass is 1080 g/mol. The van der Waals surface area contributed by atoms with Crippen LogP contribution in [-0.4, -0.2) is 31.3 Å². The van der Waals surface area contributed by atoms with Crippen LogP contribution in [0, 0.1) is 98.6 Å². The SMILES string of the molecule is CC(C)C(C)(C)C.CC(C)C(C)C.CC(C)C1(C)CCCC1.CC(C)C1(C)CCCCC1.CC(C)C1(C)CCOCC1.CC(C)C1(Cl)CC1.CC(C)C1CCCC1.CC(C)C1CCCCC1.CC(C)C1CCOCC1. The maximum absolute atomic E-state index is 5.98. The van der Waals surface area contributed by atoms with Gasteiger partial charge in [0.15, 0.2) is 0 Å². The smallest absolute Gasteiger partial charge is 0.0471 e. The molecule has 3 heteroatoms. The van der Waals surface area contributed by atoms with Gasteiger partial charge in [0.05, 0.1) is 0 Å². The van der Waals surface area contributed by atoms with Gasteiger partial charge in [-0.15, -0.1) is 11.6 Å². The third kappa shape index (κ3) is 36.3. The third-order valence-corrected chi connectivity index (χ3v) is 22.3. The molecule has 0 aromatic carbocycles. The van der Waals surface area contributed by atoms with Gasteiger partial charge in [-0.3, -0.25) is 0 Å². The molecule has 0 N–H and O–H groups in total. The molecule has 7 aliphatic rings. The molecular weight excluding hydrogens is 932 g/mol. The van der Waals surface area contributed by atoms with E-state index in [-0.39, 0.29) is 4.87 Å². The van der Waals surface area contributed by atoms with Crippen molar-refractivity contribution in [3.8, 4) is 0 Å². The molecule has 0 radical (unpaired) electrons. The number of hydrogen-bond acceptors (Lipinski definition) is 2. The topological polar surface area (TPSA) is 18.5 Å². The number of halogens is 1. The number of alkyl halides is 1. The van der Waals surface area contributed by atoms with Crippen molar-refractivity contribution in [3.05, 3.63) is 0 Å². The van der Waals surface area contributed by atoms with Gasteiger partial charge in [0.1, 0.15) is 0 Å². The Balaban J connectivity index is 0. The molecule has 2 aliphatic heterocycles. The van der Waals surface area contributed by atoms with Crippen molar-refractivity contribution in [1.82, 2.24) is 0 Å². The lowest BCUT2D eigenvalue weighted by Crippen LogP contribution is -2.31. The van der Waals surface area contributed by atoms with Crippen LogP contribution >= 0.6 is 11.6 Å². The van der Waals surface area contributed by atoms with Gasteiger partial charge < -0.3 is 9.47 Å². The van der Waals surface area contributed by atoms with Crippen LogP contribution in [0.2, 0.25) is 0 Å². The zero-order valence-corrected chi connectivity index (χ0v) is 57.8. The molecule has 0 aromatic rings. The first-order chi connectivity index (χ1) is 34.6. The fourth-order valence-corrected chi connectivity index (χ4v) is 10.7. The van der Waals surface area contributed by atoms with Gasteiger partial charge in [-0.05, 0) is 163 Å². The number of ether oxygens (including phenoxy) is 2. The van der Waals surface area contributed by atoms with Crippen molar-refractivity contribution in [3.63, 3.8) is 0 Å². The summed E-state index contributed by atoms with van der Waals surface area (Å²) in [6.45, 7) is 63.8. The predicted molar refractivity (Wildman–Crippen MR) is 344 cm³/mol. The van der Waals surface area contributed by atoms with E-state index in [9.17, 15) is 0 Å². The second-order valence-corrected chi connectivity index (χ2v) is 31.9. The summed E-state index contributed by atoms with van der Waals surface area (Å²) in [6, 6.07) is 0. The lowest BCUT2D eigenvalue weighted by atomic mass is 9.69. The second kappa shape index (κ2) is 40.4. The fraction of sp³-hybridized carbons (Fsp3) is 1.00. The molecule has 454 valence electrons. The highest BCUT2D eigenvalue weighted by atomic mass is 35.5.